The van der Waals surface area contributed by atoms with Crippen molar-refractivity contribution in [3.8, 4) is 0 Å². The predicted octanol–water partition coefficient (Wildman–Crippen LogP) is 3.74. The topological polar surface area (TPSA) is 88.7 Å². The molecular weight excluding hydrogens is 340 g/mol. The van der Waals surface area contributed by atoms with E-state index in [2.05, 4.69) is 15.6 Å². The Morgan fingerprint density at radius 2 is 1.96 bits per heavy atom. The highest BCUT2D eigenvalue weighted by molar-refractivity contribution is 5.93. The molecule has 0 saturated carbocycles. The third kappa shape index (κ3) is 6.42. The summed E-state index contributed by atoms with van der Waals surface area (Å²) in [5.41, 5.74) is 9.63. The van der Waals surface area contributed by atoms with Crippen LogP contribution in [0.15, 0.2) is 53.5 Å². The molecule has 0 radical (unpaired) electrons. The first kappa shape index (κ1) is 20.5. The largest absolute Gasteiger partial charge is 0.380 e. The van der Waals surface area contributed by atoms with Crippen molar-refractivity contribution in [1.29, 1.82) is 0 Å². The molecule has 0 bridgehead atoms. The van der Waals surface area contributed by atoms with Gasteiger partial charge in [0.2, 0.25) is 5.91 Å². The summed E-state index contributed by atoms with van der Waals surface area (Å²) < 4.78 is 5.19. The van der Waals surface area contributed by atoms with Gasteiger partial charge in [0.25, 0.3) is 0 Å². The number of methoxy groups -OCH3 is 1. The van der Waals surface area contributed by atoms with Crippen molar-refractivity contribution in [2.24, 2.45) is 16.6 Å². The number of guanidine groups is 1. The van der Waals surface area contributed by atoms with E-state index < -0.39 is 0 Å². The molecule has 1 amide bonds. The molecule has 2 aromatic carbocycles. The second-order valence-corrected chi connectivity index (χ2v) is 6.42. The average molecular weight is 368 g/mol. The minimum absolute atomic E-state index is 0.0151. The molecule has 0 aliphatic rings. The maximum absolute atomic E-state index is 12.0. The molecule has 4 N–H and O–H groups in total. The highest BCUT2D eigenvalue weighted by Gasteiger charge is 2.10. The van der Waals surface area contributed by atoms with Crippen molar-refractivity contribution in [1.82, 2.24) is 0 Å². The number of anilines is 2. The quantitative estimate of drug-likeness (QED) is 0.489. The fourth-order valence-corrected chi connectivity index (χ4v) is 2.48. The van der Waals surface area contributed by atoms with E-state index in [-0.39, 0.29) is 11.8 Å². The highest BCUT2D eigenvalue weighted by atomic mass is 16.5. The van der Waals surface area contributed by atoms with Gasteiger partial charge in [0, 0.05) is 30.0 Å². The van der Waals surface area contributed by atoms with Crippen LogP contribution in [0.1, 0.15) is 31.4 Å². The van der Waals surface area contributed by atoms with Crippen LogP contribution in [-0.4, -0.2) is 19.0 Å². The summed E-state index contributed by atoms with van der Waals surface area (Å²) in [4.78, 5) is 16.4. The molecule has 0 aliphatic carbocycles. The molecule has 0 aliphatic heterocycles. The van der Waals surface area contributed by atoms with E-state index in [1.165, 1.54) is 0 Å². The van der Waals surface area contributed by atoms with Crippen LogP contribution in [0.3, 0.4) is 0 Å². The van der Waals surface area contributed by atoms with Crippen molar-refractivity contribution in [3.05, 3.63) is 59.7 Å². The molecule has 0 spiro atoms. The van der Waals surface area contributed by atoms with E-state index in [1.807, 2.05) is 62.4 Å². The SMILES string of the molecule is CCC(C)C(=O)Nc1cccc(CN=C(N)Nc2ccccc2COC)c1. The van der Waals surface area contributed by atoms with Crippen LogP contribution in [0, 0.1) is 5.92 Å². The van der Waals surface area contributed by atoms with Crippen molar-refractivity contribution >= 4 is 23.2 Å². The zero-order valence-corrected chi connectivity index (χ0v) is 16.2. The molecule has 0 saturated heterocycles. The summed E-state index contributed by atoms with van der Waals surface area (Å²) in [7, 11) is 1.65. The molecule has 1 atom stereocenters. The van der Waals surface area contributed by atoms with Gasteiger partial charge in [-0.15, -0.1) is 0 Å². The van der Waals surface area contributed by atoms with Gasteiger partial charge in [0.05, 0.1) is 13.2 Å². The molecule has 2 rings (SSSR count). The fourth-order valence-electron chi connectivity index (χ4n) is 2.48. The summed E-state index contributed by atoms with van der Waals surface area (Å²) in [6, 6.07) is 15.4. The van der Waals surface area contributed by atoms with Crippen molar-refractivity contribution in [3.63, 3.8) is 0 Å². The Hall–Kier alpha value is -2.86. The Bertz CT molecular complexity index is 789. The van der Waals surface area contributed by atoms with Gasteiger partial charge in [-0.25, -0.2) is 4.99 Å². The van der Waals surface area contributed by atoms with E-state index in [0.29, 0.717) is 19.1 Å². The van der Waals surface area contributed by atoms with Crippen molar-refractivity contribution in [2.75, 3.05) is 17.7 Å². The van der Waals surface area contributed by atoms with E-state index in [1.54, 1.807) is 7.11 Å². The monoisotopic (exact) mass is 368 g/mol. The first-order valence-corrected chi connectivity index (χ1v) is 9.07. The Morgan fingerprint density at radius 3 is 2.70 bits per heavy atom. The van der Waals surface area contributed by atoms with Crippen molar-refractivity contribution in [2.45, 2.75) is 33.4 Å². The minimum Gasteiger partial charge on any atom is -0.380 e. The number of aliphatic imine (C=N–C) groups is 1. The second kappa shape index (κ2) is 10.3. The third-order valence-electron chi connectivity index (χ3n) is 4.27. The zero-order valence-electron chi connectivity index (χ0n) is 16.2. The van der Waals surface area contributed by atoms with Crippen LogP contribution in [0.5, 0.6) is 0 Å². The van der Waals surface area contributed by atoms with Gasteiger partial charge in [-0.3, -0.25) is 4.79 Å². The maximum Gasteiger partial charge on any atom is 0.227 e. The molecule has 1 unspecified atom stereocenters. The number of rotatable bonds is 8. The number of carbonyl (C=O) groups excluding carboxylic acids is 1. The molecule has 27 heavy (non-hydrogen) atoms. The number of benzene rings is 2. The van der Waals surface area contributed by atoms with E-state index >= 15 is 0 Å². The van der Waals surface area contributed by atoms with Gasteiger partial charge in [-0.05, 0) is 30.2 Å². The van der Waals surface area contributed by atoms with Crippen LogP contribution >= 0.6 is 0 Å². The maximum atomic E-state index is 12.0. The Balaban J connectivity index is 2.01. The fraction of sp³-hybridized carbons (Fsp3) is 0.333. The Kier molecular flexibility index (Phi) is 7.82. The summed E-state index contributed by atoms with van der Waals surface area (Å²) in [5, 5.41) is 6.05. The molecule has 0 heterocycles. The van der Waals surface area contributed by atoms with Crippen molar-refractivity contribution < 1.29 is 9.53 Å². The zero-order chi connectivity index (χ0) is 19.6. The smallest absolute Gasteiger partial charge is 0.227 e. The second-order valence-electron chi connectivity index (χ2n) is 6.42. The van der Waals surface area contributed by atoms with Crippen LogP contribution in [0.25, 0.3) is 0 Å². The predicted molar refractivity (Wildman–Crippen MR) is 111 cm³/mol. The standard InChI is InChI=1S/C21H28N4O2/c1-4-15(2)20(26)24-18-10-7-8-16(12-18)13-23-21(22)25-19-11-6-5-9-17(19)14-27-3/h5-12,15H,4,13-14H2,1-3H3,(H,24,26)(H3,22,23,25). The molecular formula is C21H28N4O2. The Labute approximate surface area is 160 Å². The normalized spacial score (nSPS) is 12.5. The minimum atomic E-state index is -0.0151. The van der Waals surface area contributed by atoms with Gasteiger partial charge >= 0.3 is 0 Å². The summed E-state index contributed by atoms with van der Waals surface area (Å²) in [6.45, 7) is 4.82. The average Bonchev–Trinajstić information content (AvgIpc) is 2.67. The number of hydrogen-bond donors (Lipinski definition) is 3. The molecule has 0 fully saturated rings. The lowest BCUT2D eigenvalue weighted by molar-refractivity contribution is -0.119. The number of amides is 1. The number of carbonyl (C=O) groups is 1. The van der Waals surface area contributed by atoms with Crippen LogP contribution in [0.4, 0.5) is 11.4 Å². The lowest BCUT2D eigenvalue weighted by Gasteiger charge is -2.12. The number of nitrogens with zero attached hydrogens (tertiary/aromatic N) is 1. The first-order valence-electron chi connectivity index (χ1n) is 9.07. The molecule has 6 nitrogen and oxygen atoms in total. The molecule has 6 heteroatoms. The van der Waals surface area contributed by atoms with Gasteiger partial charge in [-0.1, -0.05) is 44.2 Å². The van der Waals surface area contributed by atoms with E-state index in [0.717, 1.165) is 28.9 Å². The molecule has 144 valence electrons. The number of para-hydroxylation sites is 1. The Morgan fingerprint density at radius 1 is 1.19 bits per heavy atom. The number of nitrogens with two attached hydrogens (primary N) is 1. The van der Waals surface area contributed by atoms with E-state index in [4.69, 9.17) is 10.5 Å². The van der Waals surface area contributed by atoms with Gasteiger partial charge in [0.15, 0.2) is 5.96 Å². The number of ether oxygens (including phenoxy) is 1. The number of hydrogen-bond acceptors (Lipinski definition) is 3. The van der Waals surface area contributed by atoms with Gasteiger partial charge in [0.1, 0.15) is 0 Å². The highest BCUT2D eigenvalue weighted by Crippen LogP contribution is 2.16. The van der Waals surface area contributed by atoms with E-state index in [9.17, 15) is 4.79 Å². The van der Waals surface area contributed by atoms with Crippen LogP contribution in [0.2, 0.25) is 0 Å². The van der Waals surface area contributed by atoms with Gasteiger partial charge in [-0.2, -0.15) is 0 Å². The number of nitrogens with one attached hydrogen (secondary N) is 2. The summed E-state index contributed by atoms with van der Waals surface area (Å²) in [6.07, 6.45) is 0.808. The lowest BCUT2D eigenvalue weighted by atomic mass is 10.1. The third-order valence-corrected chi connectivity index (χ3v) is 4.27. The molecule has 0 aromatic heterocycles. The summed E-state index contributed by atoms with van der Waals surface area (Å²) >= 11 is 0. The van der Waals surface area contributed by atoms with Crippen LogP contribution < -0.4 is 16.4 Å². The first-order chi connectivity index (χ1) is 13.0. The molecule has 2 aromatic rings. The lowest BCUT2D eigenvalue weighted by Crippen LogP contribution is -2.23. The summed E-state index contributed by atoms with van der Waals surface area (Å²) in [5.74, 6) is 0.334. The van der Waals surface area contributed by atoms with Crippen LogP contribution in [-0.2, 0) is 22.7 Å². The van der Waals surface area contributed by atoms with Gasteiger partial charge < -0.3 is 21.1 Å².